The van der Waals surface area contributed by atoms with Gasteiger partial charge in [-0.3, -0.25) is 4.79 Å². The van der Waals surface area contributed by atoms with Gasteiger partial charge in [-0.05, 0) is 30.7 Å². The molecule has 3 aromatic rings. The Balaban J connectivity index is 1.44. The third kappa shape index (κ3) is 3.62. The first-order valence-corrected chi connectivity index (χ1v) is 8.85. The Bertz CT molecular complexity index is 967. The van der Waals surface area contributed by atoms with E-state index < -0.39 is 11.7 Å². The molecule has 4 rings (SSSR count). The van der Waals surface area contributed by atoms with Crippen LogP contribution in [0.25, 0.3) is 11.3 Å². The van der Waals surface area contributed by atoms with Gasteiger partial charge in [0.25, 0.3) is 5.91 Å². The van der Waals surface area contributed by atoms with Gasteiger partial charge < -0.3 is 4.90 Å². The summed E-state index contributed by atoms with van der Waals surface area (Å²) in [5, 5.41) is 8.38. The van der Waals surface area contributed by atoms with Gasteiger partial charge in [0.05, 0.1) is 17.8 Å². The van der Waals surface area contributed by atoms with Crippen molar-refractivity contribution in [3.05, 3.63) is 71.9 Å². The van der Waals surface area contributed by atoms with E-state index in [0.29, 0.717) is 19.5 Å². The van der Waals surface area contributed by atoms with E-state index in [2.05, 4.69) is 10.3 Å². The fraction of sp³-hybridized carbons (Fsp3) is 0.250. The number of hydrogen-bond donors (Lipinski definition) is 0. The van der Waals surface area contributed by atoms with Crippen LogP contribution < -0.4 is 0 Å². The molecule has 1 aliphatic rings. The smallest absolute Gasteiger partial charge is 0.336 e. The van der Waals surface area contributed by atoms with Crippen LogP contribution in [0.4, 0.5) is 13.2 Å². The molecule has 1 saturated heterocycles. The van der Waals surface area contributed by atoms with Crippen molar-refractivity contribution in [2.45, 2.75) is 18.6 Å². The predicted octanol–water partition coefficient (Wildman–Crippen LogP) is 4.05. The maximum Gasteiger partial charge on any atom is 0.416 e. The number of nitrogens with zero attached hydrogens (tertiary/aromatic N) is 4. The molecule has 1 aliphatic heterocycles. The molecule has 8 heteroatoms. The summed E-state index contributed by atoms with van der Waals surface area (Å²) in [5.74, 6) is -0.278. The summed E-state index contributed by atoms with van der Waals surface area (Å²) in [5.41, 5.74) is 1.20. The highest BCUT2D eigenvalue weighted by Crippen LogP contribution is 2.30. The zero-order chi connectivity index (χ0) is 19.7. The maximum absolute atomic E-state index is 12.7. The minimum atomic E-state index is -4.41. The zero-order valence-corrected chi connectivity index (χ0v) is 14.8. The molecule has 1 atom stereocenters. The van der Waals surface area contributed by atoms with Crippen molar-refractivity contribution in [2.24, 2.45) is 0 Å². The standard InChI is InChI=1S/C20H17F3N4O/c21-20(22,23)16-8-6-15(7-9-16)19(28)26-11-10-17(12-26)27-13-18(24-25-27)14-4-2-1-3-5-14/h1-9,13,17H,10-12H2/t17-/m1/s1. The van der Waals surface area contributed by atoms with Gasteiger partial charge in [0.2, 0.25) is 0 Å². The van der Waals surface area contributed by atoms with Crippen molar-refractivity contribution in [3.63, 3.8) is 0 Å². The lowest BCUT2D eigenvalue weighted by atomic mass is 10.1. The monoisotopic (exact) mass is 386 g/mol. The van der Waals surface area contributed by atoms with Gasteiger partial charge in [0.1, 0.15) is 5.69 Å². The third-order valence-corrected chi connectivity index (χ3v) is 4.86. The number of alkyl halides is 3. The molecule has 1 fully saturated rings. The molecule has 2 heterocycles. The lowest BCUT2D eigenvalue weighted by Gasteiger charge is -2.17. The number of carbonyl (C=O) groups is 1. The van der Waals surface area contributed by atoms with E-state index >= 15 is 0 Å². The number of carbonyl (C=O) groups excluding carboxylic acids is 1. The number of benzene rings is 2. The summed E-state index contributed by atoms with van der Waals surface area (Å²) in [6.45, 7) is 0.961. The Kier molecular flexibility index (Phi) is 4.62. The molecular formula is C20H17F3N4O. The van der Waals surface area contributed by atoms with Crippen molar-refractivity contribution in [1.29, 1.82) is 0 Å². The van der Waals surface area contributed by atoms with Crippen molar-refractivity contribution in [2.75, 3.05) is 13.1 Å². The van der Waals surface area contributed by atoms with Gasteiger partial charge in [0.15, 0.2) is 0 Å². The van der Waals surface area contributed by atoms with Crippen LogP contribution in [0.3, 0.4) is 0 Å². The number of hydrogen-bond acceptors (Lipinski definition) is 3. The summed E-state index contributed by atoms with van der Waals surface area (Å²) in [6.07, 6.45) is -1.85. The van der Waals surface area contributed by atoms with E-state index in [1.807, 2.05) is 36.5 Å². The summed E-state index contributed by atoms with van der Waals surface area (Å²) in [4.78, 5) is 14.2. The fourth-order valence-electron chi connectivity index (χ4n) is 3.32. The number of aromatic nitrogens is 3. The lowest BCUT2D eigenvalue weighted by Crippen LogP contribution is -2.29. The van der Waals surface area contributed by atoms with Crippen molar-refractivity contribution < 1.29 is 18.0 Å². The molecule has 1 aromatic heterocycles. The van der Waals surface area contributed by atoms with Crippen LogP contribution in [0.2, 0.25) is 0 Å². The fourth-order valence-corrected chi connectivity index (χ4v) is 3.32. The number of amides is 1. The van der Waals surface area contributed by atoms with Crippen molar-refractivity contribution >= 4 is 5.91 Å². The maximum atomic E-state index is 12.7. The molecule has 1 amide bonds. The molecule has 144 valence electrons. The second-order valence-corrected chi connectivity index (χ2v) is 6.72. The number of halogens is 3. The Morgan fingerprint density at radius 2 is 1.75 bits per heavy atom. The average Bonchev–Trinajstić information content (AvgIpc) is 3.37. The van der Waals surface area contributed by atoms with Gasteiger partial charge in [-0.15, -0.1) is 5.10 Å². The zero-order valence-electron chi connectivity index (χ0n) is 14.8. The van der Waals surface area contributed by atoms with Crippen molar-refractivity contribution in [1.82, 2.24) is 19.9 Å². The van der Waals surface area contributed by atoms with E-state index in [0.717, 1.165) is 23.4 Å². The third-order valence-electron chi connectivity index (χ3n) is 4.86. The van der Waals surface area contributed by atoms with E-state index in [-0.39, 0.29) is 17.5 Å². The van der Waals surface area contributed by atoms with Gasteiger partial charge in [-0.2, -0.15) is 13.2 Å². The Labute approximate surface area is 159 Å². The molecular weight excluding hydrogens is 369 g/mol. The Hall–Kier alpha value is -3.16. The minimum Gasteiger partial charge on any atom is -0.336 e. The van der Waals surface area contributed by atoms with Gasteiger partial charge in [0, 0.05) is 24.2 Å². The average molecular weight is 386 g/mol. The van der Waals surface area contributed by atoms with Crippen molar-refractivity contribution in [3.8, 4) is 11.3 Å². The van der Waals surface area contributed by atoms with E-state index in [1.165, 1.54) is 12.1 Å². The van der Waals surface area contributed by atoms with Crippen LogP contribution in [0, 0.1) is 0 Å². The second-order valence-electron chi connectivity index (χ2n) is 6.72. The number of rotatable bonds is 3. The summed E-state index contributed by atoms with van der Waals surface area (Å²) in [7, 11) is 0. The summed E-state index contributed by atoms with van der Waals surface area (Å²) < 4.78 is 39.8. The van der Waals surface area contributed by atoms with Crippen LogP contribution in [0.5, 0.6) is 0 Å². The van der Waals surface area contributed by atoms with Crippen LogP contribution in [0.15, 0.2) is 60.8 Å². The van der Waals surface area contributed by atoms with Crippen LogP contribution in [0.1, 0.15) is 28.4 Å². The molecule has 0 N–H and O–H groups in total. The van der Waals surface area contributed by atoms with E-state index in [9.17, 15) is 18.0 Å². The van der Waals surface area contributed by atoms with Gasteiger partial charge >= 0.3 is 6.18 Å². The molecule has 0 aliphatic carbocycles. The molecule has 0 spiro atoms. The quantitative estimate of drug-likeness (QED) is 0.682. The molecule has 0 bridgehead atoms. The van der Waals surface area contributed by atoms with Crippen LogP contribution >= 0.6 is 0 Å². The lowest BCUT2D eigenvalue weighted by molar-refractivity contribution is -0.137. The molecule has 0 radical (unpaired) electrons. The summed E-state index contributed by atoms with van der Waals surface area (Å²) in [6, 6.07) is 14.0. The summed E-state index contributed by atoms with van der Waals surface area (Å²) >= 11 is 0. The second kappa shape index (κ2) is 7.10. The largest absolute Gasteiger partial charge is 0.416 e. The first-order chi connectivity index (χ1) is 13.4. The predicted molar refractivity (Wildman–Crippen MR) is 96.5 cm³/mol. The van der Waals surface area contributed by atoms with Gasteiger partial charge in [-0.1, -0.05) is 35.5 Å². The molecule has 0 unspecified atom stereocenters. The first-order valence-electron chi connectivity index (χ1n) is 8.85. The molecule has 5 nitrogen and oxygen atoms in total. The Morgan fingerprint density at radius 3 is 2.43 bits per heavy atom. The van der Waals surface area contributed by atoms with E-state index in [1.54, 1.807) is 9.58 Å². The van der Waals surface area contributed by atoms with Gasteiger partial charge in [-0.25, -0.2) is 4.68 Å². The number of likely N-dealkylation sites (tertiary alicyclic amines) is 1. The molecule has 0 saturated carbocycles. The Morgan fingerprint density at radius 1 is 1.04 bits per heavy atom. The normalized spacial score (nSPS) is 17.1. The topological polar surface area (TPSA) is 51.0 Å². The minimum absolute atomic E-state index is 0.0108. The van der Waals surface area contributed by atoms with E-state index in [4.69, 9.17) is 0 Å². The van der Waals surface area contributed by atoms with Crippen LogP contribution in [-0.4, -0.2) is 38.9 Å². The first kappa shape index (κ1) is 18.2. The highest BCUT2D eigenvalue weighted by atomic mass is 19.4. The highest BCUT2D eigenvalue weighted by molar-refractivity contribution is 5.94. The SMILES string of the molecule is O=C(c1ccc(C(F)(F)F)cc1)N1CC[C@@H](n2cc(-c3ccccc3)nn2)C1. The van der Waals surface area contributed by atoms with Crippen LogP contribution in [-0.2, 0) is 6.18 Å². The molecule has 2 aromatic carbocycles. The highest BCUT2D eigenvalue weighted by Gasteiger charge is 2.32. The molecule has 28 heavy (non-hydrogen) atoms.